The molecule has 1 fully saturated rings. The first-order chi connectivity index (χ1) is 15.9. The van der Waals surface area contributed by atoms with Gasteiger partial charge in [-0.3, -0.25) is 14.4 Å². The molecule has 7 nitrogen and oxygen atoms in total. The lowest BCUT2D eigenvalue weighted by Gasteiger charge is -2.36. The molecule has 176 valence electrons. The SMILES string of the molecule is CCCNC(=O)C(NC(=O)c1ccccc1C)C1CCN(C(=O)c2cccc(OC)c2)CC1. The molecule has 1 aliphatic heterocycles. The van der Waals surface area contributed by atoms with Gasteiger partial charge in [0.15, 0.2) is 0 Å². The number of rotatable bonds is 8. The Bertz CT molecular complexity index is 983. The predicted octanol–water partition coefficient (Wildman–Crippen LogP) is 3.18. The lowest BCUT2D eigenvalue weighted by molar-refractivity contribution is -0.124. The number of piperidine rings is 1. The fraction of sp³-hybridized carbons (Fsp3) is 0.423. The molecule has 1 saturated heterocycles. The molecule has 0 bridgehead atoms. The second-order valence-electron chi connectivity index (χ2n) is 8.42. The number of carbonyl (C=O) groups excluding carboxylic acids is 3. The van der Waals surface area contributed by atoms with Gasteiger partial charge >= 0.3 is 0 Å². The van der Waals surface area contributed by atoms with Crippen LogP contribution >= 0.6 is 0 Å². The van der Waals surface area contributed by atoms with Crippen LogP contribution in [0.25, 0.3) is 0 Å². The monoisotopic (exact) mass is 451 g/mol. The second kappa shape index (κ2) is 11.5. The molecule has 1 atom stereocenters. The quantitative estimate of drug-likeness (QED) is 0.645. The number of amides is 3. The molecule has 33 heavy (non-hydrogen) atoms. The zero-order valence-electron chi connectivity index (χ0n) is 19.6. The minimum Gasteiger partial charge on any atom is -0.497 e. The summed E-state index contributed by atoms with van der Waals surface area (Å²) in [7, 11) is 1.57. The molecule has 2 aromatic carbocycles. The summed E-state index contributed by atoms with van der Waals surface area (Å²) in [6.07, 6.45) is 2.08. The Morgan fingerprint density at radius 3 is 2.48 bits per heavy atom. The van der Waals surface area contributed by atoms with Gasteiger partial charge in [-0.2, -0.15) is 0 Å². The van der Waals surface area contributed by atoms with Gasteiger partial charge in [-0.15, -0.1) is 0 Å². The maximum atomic E-state index is 12.9. The molecule has 0 spiro atoms. The molecular formula is C26H33N3O4. The Morgan fingerprint density at radius 1 is 1.09 bits per heavy atom. The number of hydrogen-bond acceptors (Lipinski definition) is 4. The average molecular weight is 452 g/mol. The van der Waals surface area contributed by atoms with Gasteiger partial charge in [0.1, 0.15) is 11.8 Å². The summed E-state index contributed by atoms with van der Waals surface area (Å²) in [5, 5.41) is 5.90. The van der Waals surface area contributed by atoms with E-state index in [0.717, 1.165) is 12.0 Å². The van der Waals surface area contributed by atoms with Crippen LogP contribution in [0.5, 0.6) is 5.75 Å². The maximum Gasteiger partial charge on any atom is 0.253 e. The van der Waals surface area contributed by atoms with Crippen molar-refractivity contribution >= 4 is 17.7 Å². The second-order valence-corrected chi connectivity index (χ2v) is 8.42. The van der Waals surface area contributed by atoms with Crippen molar-refractivity contribution in [1.82, 2.24) is 15.5 Å². The summed E-state index contributed by atoms with van der Waals surface area (Å²) < 4.78 is 5.23. The minimum absolute atomic E-state index is 0.0517. The van der Waals surface area contributed by atoms with Gasteiger partial charge in [-0.05, 0) is 61.9 Å². The van der Waals surface area contributed by atoms with E-state index in [1.165, 1.54) is 0 Å². The lowest BCUT2D eigenvalue weighted by Crippen LogP contribution is -2.54. The molecular weight excluding hydrogens is 418 g/mol. The van der Waals surface area contributed by atoms with Crippen molar-refractivity contribution < 1.29 is 19.1 Å². The van der Waals surface area contributed by atoms with Crippen LogP contribution in [0.15, 0.2) is 48.5 Å². The summed E-state index contributed by atoms with van der Waals surface area (Å²) in [5.41, 5.74) is 2.01. The van der Waals surface area contributed by atoms with Gasteiger partial charge in [-0.25, -0.2) is 0 Å². The Labute approximate surface area is 195 Å². The largest absolute Gasteiger partial charge is 0.497 e. The number of ether oxygens (including phenoxy) is 1. The Balaban J connectivity index is 1.69. The van der Waals surface area contributed by atoms with Gasteiger partial charge in [0.25, 0.3) is 11.8 Å². The van der Waals surface area contributed by atoms with Crippen LogP contribution in [-0.2, 0) is 4.79 Å². The van der Waals surface area contributed by atoms with Crippen LogP contribution in [0.1, 0.15) is 52.5 Å². The highest BCUT2D eigenvalue weighted by Gasteiger charge is 2.34. The van der Waals surface area contributed by atoms with Gasteiger partial charge in [0.05, 0.1) is 7.11 Å². The van der Waals surface area contributed by atoms with Crippen LogP contribution in [0.2, 0.25) is 0 Å². The van der Waals surface area contributed by atoms with Crippen LogP contribution in [-0.4, -0.2) is 55.4 Å². The minimum atomic E-state index is -0.641. The molecule has 0 radical (unpaired) electrons. The third kappa shape index (κ3) is 6.12. The Hall–Kier alpha value is -3.35. The van der Waals surface area contributed by atoms with E-state index in [0.29, 0.717) is 49.4 Å². The third-order valence-electron chi connectivity index (χ3n) is 6.12. The van der Waals surface area contributed by atoms with Crippen LogP contribution < -0.4 is 15.4 Å². The Morgan fingerprint density at radius 2 is 1.82 bits per heavy atom. The van der Waals surface area contributed by atoms with Gasteiger partial charge in [0.2, 0.25) is 5.91 Å². The van der Waals surface area contributed by atoms with E-state index in [1.54, 1.807) is 42.3 Å². The highest BCUT2D eigenvalue weighted by atomic mass is 16.5. The number of nitrogens with zero attached hydrogens (tertiary/aromatic N) is 1. The summed E-state index contributed by atoms with van der Waals surface area (Å²) >= 11 is 0. The molecule has 3 rings (SSSR count). The van der Waals surface area contributed by atoms with Crippen LogP contribution in [0, 0.1) is 12.8 Å². The molecule has 1 unspecified atom stereocenters. The van der Waals surface area contributed by atoms with Crippen molar-refractivity contribution in [2.75, 3.05) is 26.7 Å². The third-order valence-corrected chi connectivity index (χ3v) is 6.12. The first-order valence-corrected chi connectivity index (χ1v) is 11.5. The summed E-state index contributed by atoms with van der Waals surface area (Å²) in [6, 6.07) is 13.8. The molecule has 1 aliphatic rings. The summed E-state index contributed by atoms with van der Waals surface area (Å²) in [4.78, 5) is 40.6. The molecule has 0 saturated carbocycles. The smallest absolute Gasteiger partial charge is 0.253 e. The summed E-state index contributed by atoms with van der Waals surface area (Å²) in [6.45, 7) is 5.48. The molecule has 7 heteroatoms. The fourth-order valence-electron chi connectivity index (χ4n) is 4.18. The highest BCUT2D eigenvalue weighted by Crippen LogP contribution is 2.24. The number of nitrogens with one attached hydrogen (secondary N) is 2. The van der Waals surface area contributed by atoms with E-state index in [4.69, 9.17) is 4.74 Å². The molecule has 0 aromatic heterocycles. The molecule has 2 N–H and O–H groups in total. The topological polar surface area (TPSA) is 87.7 Å². The van der Waals surface area contributed by atoms with E-state index in [-0.39, 0.29) is 23.6 Å². The van der Waals surface area contributed by atoms with E-state index >= 15 is 0 Å². The van der Waals surface area contributed by atoms with E-state index < -0.39 is 6.04 Å². The number of likely N-dealkylation sites (tertiary alicyclic amines) is 1. The number of benzene rings is 2. The van der Waals surface area contributed by atoms with Crippen molar-refractivity contribution in [3.05, 3.63) is 65.2 Å². The van der Waals surface area contributed by atoms with Crippen molar-refractivity contribution in [2.45, 2.75) is 39.2 Å². The number of carbonyl (C=O) groups is 3. The van der Waals surface area contributed by atoms with Crippen molar-refractivity contribution in [3.8, 4) is 5.75 Å². The van der Waals surface area contributed by atoms with Crippen LogP contribution in [0.3, 0.4) is 0 Å². The fourth-order valence-corrected chi connectivity index (χ4v) is 4.18. The average Bonchev–Trinajstić information content (AvgIpc) is 2.85. The van der Waals surface area contributed by atoms with Crippen molar-refractivity contribution in [3.63, 3.8) is 0 Å². The molecule has 3 amide bonds. The zero-order valence-corrected chi connectivity index (χ0v) is 19.6. The van der Waals surface area contributed by atoms with Gasteiger partial charge in [0, 0.05) is 30.8 Å². The van der Waals surface area contributed by atoms with E-state index in [9.17, 15) is 14.4 Å². The van der Waals surface area contributed by atoms with Crippen LogP contribution in [0.4, 0.5) is 0 Å². The van der Waals surface area contributed by atoms with Gasteiger partial charge in [-0.1, -0.05) is 31.2 Å². The molecule has 1 heterocycles. The first kappa shape index (κ1) is 24.3. The lowest BCUT2D eigenvalue weighted by atomic mass is 9.88. The summed E-state index contributed by atoms with van der Waals surface area (Å²) in [5.74, 6) is 0.116. The van der Waals surface area contributed by atoms with Crippen molar-refractivity contribution in [2.24, 2.45) is 5.92 Å². The number of methoxy groups -OCH3 is 1. The van der Waals surface area contributed by atoms with Gasteiger partial charge < -0.3 is 20.3 Å². The number of hydrogen-bond donors (Lipinski definition) is 2. The normalized spacial score (nSPS) is 14.9. The number of aryl methyl sites for hydroxylation is 1. The maximum absolute atomic E-state index is 12.9. The molecule has 2 aromatic rings. The zero-order chi connectivity index (χ0) is 23.8. The first-order valence-electron chi connectivity index (χ1n) is 11.5. The standard InChI is InChI=1S/C26H33N3O4/c1-4-14-27-25(31)23(28-24(30)22-11-6-5-8-18(22)2)19-12-15-29(16-13-19)26(32)20-9-7-10-21(17-20)33-3/h5-11,17,19,23H,4,12-16H2,1-3H3,(H,27,31)(H,28,30). The predicted molar refractivity (Wildman–Crippen MR) is 127 cm³/mol. The highest BCUT2D eigenvalue weighted by molar-refractivity contribution is 5.98. The van der Waals surface area contributed by atoms with Crippen molar-refractivity contribution in [1.29, 1.82) is 0 Å². The Kier molecular flexibility index (Phi) is 8.46. The van der Waals surface area contributed by atoms with E-state index in [1.807, 2.05) is 32.0 Å². The molecule has 0 aliphatic carbocycles. The van der Waals surface area contributed by atoms with E-state index in [2.05, 4.69) is 10.6 Å².